The van der Waals surface area contributed by atoms with E-state index in [2.05, 4.69) is 0 Å². The van der Waals surface area contributed by atoms with Crippen LogP contribution in [0.1, 0.15) is 11.1 Å². The quantitative estimate of drug-likeness (QED) is 0.0992. The molecule has 0 aliphatic heterocycles. The van der Waals surface area contributed by atoms with Crippen molar-refractivity contribution >= 4 is 12.6 Å². The van der Waals surface area contributed by atoms with E-state index in [0.717, 1.165) is 6.07 Å². The summed E-state index contributed by atoms with van der Waals surface area (Å²) in [6.45, 7) is 0. The first-order valence-corrected chi connectivity index (χ1v) is 10.8. The third-order valence-electron chi connectivity index (χ3n) is 6.01. The van der Waals surface area contributed by atoms with Crippen molar-refractivity contribution in [3.8, 4) is 22.6 Å². The fourth-order valence-corrected chi connectivity index (χ4v) is 4.20. The number of hydrogen-bond donors (Lipinski definition) is 0. The molecule has 206 valence electrons. The number of hydrogen-bond acceptors (Lipinski definition) is 2. The average molecular weight is 578 g/mol. The van der Waals surface area contributed by atoms with Gasteiger partial charge >= 0.3 is 7.12 Å². The van der Waals surface area contributed by atoms with Crippen LogP contribution in [0.15, 0.2) is 30.3 Å². The summed E-state index contributed by atoms with van der Waals surface area (Å²) in [6.07, 6.45) is -0.705. The molecule has 4 aromatic carbocycles. The summed E-state index contributed by atoms with van der Waals surface area (Å²) in [6, 6.07) is 2.79. The van der Waals surface area contributed by atoms with Crippen LogP contribution in [0, 0.1) is 69.8 Å². The monoisotopic (exact) mass is 578 g/mol. The van der Waals surface area contributed by atoms with Gasteiger partial charge in [0, 0.05) is 29.2 Å². The first-order chi connectivity index (χ1) is 18.8. The highest BCUT2D eigenvalue weighted by atomic mass is 19.2. The number of benzene rings is 4. The Kier molecular flexibility index (Phi) is 6.63. The fourth-order valence-electron chi connectivity index (χ4n) is 4.20. The van der Waals surface area contributed by atoms with Gasteiger partial charge in [-0.3, -0.25) is 0 Å². The van der Waals surface area contributed by atoms with E-state index in [0.29, 0.717) is 18.2 Å². The van der Waals surface area contributed by atoms with Crippen molar-refractivity contribution in [1.29, 1.82) is 0 Å². The van der Waals surface area contributed by atoms with E-state index < -0.39 is 117 Å². The Hall–Kier alpha value is -4.30. The molecule has 0 atom stereocenters. The third-order valence-corrected chi connectivity index (χ3v) is 6.01. The van der Waals surface area contributed by atoms with E-state index in [4.69, 9.17) is 9.31 Å². The molecule has 0 radical (unpaired) electrons. The lowest BCUT2D eigenvalue weighted by Gasteiger charge is -2.21. The van der Waals surface area contributed by atoms with Crippen LogP contribution in [0.4, 0.5) is 52.7 Å². The summed E-state index contributed by atoms with van der Waals surface area (Å²) in [5.41, 5.74) is -4.94. The zero-order chi connectivity index (χ0) is 29.2. The average Bonchev–Trinajstić information content (AvgIpc) is 3.31. The maximum absolute atomic E-state index is 15.0. The Morgan fingerprint density at radius 1 is 0.525 bits per heavy atom. The van der Waals surface area contributed by atoms with Crippen LogP contribution in [0.2, 0.25) is 0 Å². The predicted octanol–water partition coefficient (Wildman–Crippen LogP) is 6.78. The van der Waals surface area contributed by atoms with Crippen molar-refractivity contribution in [2.45, 2.75) is 6.42 Å². The van der Waals surface area contributed by atoms with Gasteiger partial charge in [0.2, 0.25) is 5.82 Å². The molecule has 0 saturated heterocycles. The molecule has 0 bridgehead atoms. The van der Waals surface area contributed by atoms with Gasteiger partial charge in [-0.1, -0.05) is 6.07 Å². The Morgan fingerprint density at radius 3 is 1.75 bits per heavy atom. The summed E-state index contributed by atoms with van der Waals surface area (Å²) >= 11 is 0. The van der Waals surface area contributed by atoms with Crippen LogP contribution < -0.4 is 14.8 Å². The summed E-state index contributed by atoms with van der Waals surface area (Å²) in [5, 5.41) is 0. The molecule has 0 saturated carbocycles. The van der Waals surface area contributed by atoms with Crippen LogP contribution in [0.3, 0.4) is 0 Å². The van der Waals surface area contributed by atoms with E-state index in [-0.39, 0.29) is 11.6 Å². The summed E-state index contributed by atoms with van der Waals surface area (Å²) < 4.78 is 182. The van der Waals surface area contributed by atoms with Crippen molar-refractivity contribution in [1.82, 2.24) is 0 Å². The molecule has 0 unspecified atom stereocenters. The molecule has 4 aromatic rings. The van der Waals surface area contributed by atoms with Gasteiger partial charge in [0.25, 0.3) is 0 Å². The van der Waals surface area contributed by atoms with Crippen molar-refractivity contribution in [2.24, 2.45) is 0 Å². The van der Waals surface area contributed by atoms with Gasteiger partial charge in [0.05, 0.1) is 5.46 Å². The van der Waals surface area contributed by atoms with Gasteiger partial charge in [-0.25, -0.2) is 48.3 Å². The van der Waals surface area contributed by atoms with Gasteiger partial charge in [0.1, 0.15) is 17.3 Å². The highest BCUT2D eigenvalue weighted by Crippen LogP contribution is 2.47. The van der Waals surface area contributed by atoms with Gasteiger partial charge in [-0.2, -0.15) is 4.39 Å². The SMILES string of the molecule is Fc1ccc(F)c(OB(Oc2c(F)c(F)c(F)c3c2Cc2ccc(F)c(F)c2-3)c2c(F)c(F)c(F)c(F)c2F)c1. The van der Waals surface area contributed by atoms with E-state index in [9.17, 15) is 48.3 Å². The third kappa shape index (κ3) is 4.11. The second kappa shape index (κ2) is 9.71. The first kappa shape index (κ1) is 27.3. The smallest absolute Gasteiger partial charge is 0.520 e. The van der Waals surface area contributed by atoms with Crippen LogP contribution in [0.25, 0.3) is 11.1 Å². The van der Waals surface area contributed by atoms with Crippen molar-refractivity contribution < 1.29 is 62.0 Å². The van der Waals surface area contributed by atoms with Gasteiger partial charge in [0.15, 0.2) is 58.2 Å². The molecule has 0 aromatic heterocycles. The zero-order valence-electron chi connectivity index (χ0n) is 19.0. The molecule has 40 heavy (non-hydrogen) atoms. The predicted molar refractivity (Wildman–Crippen MR) is 114 cm³/mol. The maximum Gasteiger partial charge on any atom is 0.639 e. The van der Waals surface area contributed by atoms with Gasteiger partial charge in [-0.15, -0.1) is 0 Å². The van der Waals surface area contributed by atoms with E-state index in [1.54, 1.807) is 0 Å². The molecule has 1 aliphatic rings. The molecule has 0 amide bonds. The molecule has 0 spiro atoms. The number of rotatable bonds is 5. The standard InChI is InChI=1S/C25H7BF12O2/c27-8-2-4-10(28)12(6-8)39-26(15-18(32)21(35)23(37)22(36)19(15)33)40-25-9-5-7-1-3-11(29)16(30)13(7)14(9)17(31)20(34)24(25)38/h1-4,6H,5H2. The van der Waals surface area contributed by atoms with Crippen LogP contribution in [-0.4, -0.2) is 7.12 Å². The molecular weight excluding hydrogens is 571 g/mol. The Bertz CT molecular complexity index is 1700. The van der Waals surface area contributed by atoms with Gasteiger partial charge < -0.3 is 9.31 Å². The van der Waals surface area contributed by atoms with Crippen molar-refractivity contribution in [2.75, 3.05) is 0 Å². The summed E-state index contributed by atoms with van der Waals surface area (Å²) in [4.78, 5) is 0. The zero-order valence-corrected chi connectivity index (χ0v) is 19.0. The van der Waals surface area contributed by atoms with Crippen molar-refractivity contribution in [3.63, 3.8) is 0 Å². The lowest BCUT2D eigenvalue weighted by molar-refractivity contribution is 0.363. The van der Waals surface area contributed by atoms with Crippen LogP contribution in [-0.2, 0) is 6.42 Å². The molecule has 0 heterocycles. The Labute approximate surface area is 215 Å². The molecular formula is C25H7BF12O2. The second-order valence-corrected chi connectivity index (χ2v) is 8.32. The number of halogens is 12. The van der Waals surface area contributed by atoms with E-state index >= 15 is 4.39 Å². The van der Waals surface area contributed by atoms with Crippen molar-refractivity contribution in [3.05, 3.63) is 111 Å². The summed E-state index contributed by atoms with van der Waals surface area (Å²) in [7, 11) is -3.07. The van der Waals surface area contributed by atoms with Crippen LogP contribution >= 0.6 is 0 Å². The molecule has 2 nitrogen and oxygen atoms in total. The highest BCUT2D eigenvalue weighted by Gasteiger charge is 2.43. The second-order valence-electron chi connectivity index (χ2n) is 8.32. The van der Waals surface area contributed by atoms with E-state index in [1.807, 2.05) is 0 Å². The fraction of sp³-hybridized carbons (Fsp3) is 0.0400. The van der Waals surface area contributed by atoms with Gasteiger partial charge in [-0.05, 0) is 23.8 Å². The largest absolute Gasteiger partial charge is 0.639 e. The molecule has 1 aliphatic carbocycles. The molecule has 15 heteroatoms. The minimum atomic E-state index is -3.07. The van der Waals surface area contributed by atoms with Crippen LogP contribution in [0.5, 0.6) is 11.5 Å². The Morgan fingerprint density at radius 2 is 1.10 bits per heavy atom. The lowest BCUT2D eigenvalue weighted by atomic mass is 9.77. The lowest BCUT2D eigenvalue weighted by Crippen LogP contribution is -2.48. The Balaban J connectivity index is 1.75. The maximum atomic E-state index is 15.0. The molecule has 0 N–H and O–H groups in total. The van der Waals surface area contributed by atoms with E-state index in [1.165, 1.54) is 0 Å². The molecule has 5 rings (SSSR count). The normalized spacial score (nSPS) is 11.9. The molecule has 0 fully saturated rings. The minimum absolute atomic E-state index is 0.229. The summed E-state index contributed by atoms with van der Waals surface area (Å²) in [5.74, 6) is -28.2. The first-order valence-electron chi connectivity index (χ1n) is 10.8. The highest BCUT2D eigenvalue weighted by molar-refractivity contribution is 6.63. The number of fused-ring (bicyclic) bond motifs is 3. The topological polar surface area (TPSA) is 18.5 Å². The minimum Gasteiger partial charge on any atom is -0.520 e.